The van der Waals surface area contributed by atoms with Crippen LogP contribution in [-0.2, 0) is 9.53 Å². The van der Waals surface area contributed by atoms with E-state index in [4.69, 9.17) is 0 Å². The molecule has 0 saturated heterocycles. The first-order chi connectivity index (χ1) is 9.22. The molecule has 0 atom stereocenters. The lowest BCUT2D eigenvalue weighted by Gasteiger charge is -2.04. The molecule has 1 aromatic rings. The molecule has 0 radical (unpaired) electrons. The minimum Gasteiger partial charge on any atom is -0.500 e. The zero-order chi connectivity index (χ0) is 13.7. The van der Waals surface area contributed by atoms with E-state index in [0.29, 0.717) is 12.8 Å². The van der Waals surface area contributed by atoms with E-state index < -0.39 is 5.97 Å². The number of aliphatic hydroxyl groups excluding tert-OH is 1. The molecule has 0 unspecified atom stereocenters. The third-order valence-electron chi connectivity index (χ3n) is 2.68. The molecule has 0 fully saturated rings. The molecule has 3 heteroatoms. The molecule has 1 aliphatic carbocycles. The number of ether oxygens (including phenoxy) is 1. The highest BCUT2D eigenvalue weighted by atomic mass is 16.5. The Morgan fingerprint density at radius 1 is 1.21 bits per heavy atom. The summed E-state index contributed by atoms with van der Waals surface area (Å²) in [5.41, 5.74) is 1.72. The van der Waals surface area contributed by atoms with Gasteiger partial charge in [0.05, 0.1) is 12.7 Å². The van der Waals surface area contributed by atoms with Gasteiger partial charge < -0.3 is 9.84 Å². The average Bonchev–Trinajstić information content (AvgIpc) is 2.45. The summed E-state index contributed by atoms with van der Waals surface area (Å²) < 4.78 is 4.63. The molecular formula is C16H12O3. The van der Waals surface area contributed by atoms with Crippen LogP contribution in [0.3, 0.4) is 0 Å². The fourth-order valence-electron chi connectivity index (χ4n) is 1.69. The first-order valence-corrected chi connectivity index (χ1v) is 5.82. The molecule has 0 aromatic heterocycles. The van der Waals surface area contributed by atoms with Gasteiger partial charge in [-0.15, -0.1) is 0 Å². The van der Waals surface area contributed by atoms with Crippen molar-refractivity contribution in [2.75, 3.05) is 7.11 Å². The minimum atomic E-state index is -0.567. The van der Waals surface area contributed by atoms with Crippen LogP contribution in [-0.4, -0.2) is 18.2 Å². The van der Waals surface area contributed by atoms with E-state index in [9.17, 15) is 9.90 Å². The standard InChI is InChI=1S/C16H12O3/c1-19-16(18)14-9-5-4-7-12-6-2-3-8-13(12)10-11-15(14)17/h2-3,6,8,17H,5,9H2,1H3/b15-14+. The number of carbonyl (C=O) groups is 1. The summed E-state index contributed by atoms with van der Waals surface area (Å²) in [6.45, 7) is 0. The summed E-state index contributed by atoms with van der Waals surface area (Å²) in [4.78, 5) is 11.5. The molecule has 0 spiro atoms. The fraction of sp³-hybridized carbons (Fsp3) is 0.188. The molecule has 3 nitrogen and oxygen atoms in total. The highest BCUT2D eigenvalue weighted by Crippen LogP contribution is 2.13. The Kier molecular flexibility index (Phi) is 3.90. The maximum atomic E-state index is 11.5. The molecule has 2 rings (SSSR count). The SMILES string of the molecule is COC(=O)/C1=C(/O)C#Cc2ccccc2C#CCC1. The largest absolute Gasteiger partial charge is 0.500 e. The van der Waals surface area contributed by atoms with Crippen molar-refractivity contribution >= 4 is 5.97 Å². The van der Waals surface area contributed by atoms with Gasteiger partial charge in [0.2, 0.25) is 0 Å². The van der Waals surface area contributed by atoms with Gasteiger partial charge >= 0.3 is 5.97 Å². The number of allylic oxidation sites excluding steroid dienone is 1. The number of benzene rings is 1. The maximum absolute atomic E-state index is 11.5. The highest BCUT2D eigenvalue weighted by Gasteiger charge is 2.14. The van der Waals surface area contributed by atoms with Crippen LogP contribution in [0, 0.1) is 23.7 Å². The Balaban J connectivity index is 2.51. The average molecular weight is 252 g/mol. The van der Waals surface area contributed by atoms with E-state index in [0.717, 1.165) is 11.1 Å². The predicted octanol–water partition coefficient (Wildman–Crippen LogP) is 2.17. The fourth-order valence-corrected chi connectivity index (χ4v) is 1.69. The number of esters is 1. The quantitative estimate of drug-likeness (QED) is 0.615. The van der Waals surface area contributed by atoms with Gasteiger partial charge in [-0.05, 0) is 24.5 Å². The Hall–Kier alpha value is -2.65. The lowest BCUT2D eigenvalue weighted by atomic mass is 10.0. The molecule has 0 heterocycles. The van der Waals surface area contributed by atoms with Crippen molar-refractivity contribution < 1.29 is 14.6 Å². The molecule has 94 valence electrons. The van der Waals surface area contributed by atoms with Gasteiger partial charge in [0.1, 0.15) is 0 Å². The Labute approximate surface area is 111 Å². The Morgan fingerprint density at radius 2 is 1.89 bits per heavy atom. The third-order valence-corrected chi connectivity index (χ3v) is 2.68. The van der Waals surface area contributed by atoms with Crippen LogP contribution >= 0.6 is 0 Å². The summed E-state index contributed by atoms with van der Waals surface area (Å²) >= 11 is 0. The number of hydrogen-bond acceptors (Lipinski definition) is 3. The van der Waals surface area contributed by atoms with Crippen molar-refractivity contribution in [1.29, 1.82) is 0 Å². The molecule has 0 bridgehead atoms. The summed E-state index contributed by atoms with van der Waals surface area (Å²) in [5.74, 6) is 10.6. The van der Waals surface area contributed by atoms with E-state index >= 15 is 0 Å². The van der Waals surface area contributed by atoms with Gasteiger partial charge in [0.25, 0.3) is 0 Å². The Bertz CT molecular complexity index is 660. The topological polar surface area (TPSA) is 46.5 Å². The van der Waals surface area contributed by atoms with E-state index in [1.165, 1.54) is 7.11 Å². The third kappa shape index (κ3) is 2.97. The second-order valence-electron chi connectivity index (χ2n) is 3.92. The van der Waals surface area contributed by atoms with Crippen LogP contribution in [0.1, 0.15) is 24.0 Å². The number of carbonyl (C=O) groups excluding carboxylic acids is 1. The smallest absolute Gasteiger partial charge is 0.338 e. The number of aliphatic hydroxyl groups is 1. The summed E-state index contributed by atoms with van der Waals surface area (Å²) in [6.07, 6.45) is 0.785. The molecule has 0 aliphatic heterocycles. The van der Waals surface area contributed by atoms with Crippen molar-refractivity contribution in [1.82, 2.24) is 0 Å². The van der Waals surface area contributed by atoms with E-state index in [1.807, 2.05) is 24.3 Å². The summed E-state index contributed by atoms with van der Waals surface area (Å²) in [5, 5.41) is 9.87. The highest BCUT2D eigenvalue weighted by molar-refractivity contribution is 5.89. The molecule has 1 aromatic carbocycles. The molecule has 1 aliphatic rings. The lowest BCUT2D eigenvalue weighted by Crippen LogP contribution is -2.08. The van der Waals surface area contributed by atoms with E-state index in [1.54, 1.807) is 0 Å². The normalized spacial score (nSPS) is 17.1. The van der Waals surface area contributed by atoms with Crippen LogP contribution in [0.25, 0.3) is 0 Å². The van der Waals surface area contributed by atoms with Gasteiger partial charge in [0.15, 0.2) is 5.76 Å². The van der Waals surface area contributed by atoms with E-state index in [-0.39, 0.29) is 11.3 Å². The maximum Gasteiger partial charge on any atom is 0.338 e. The van der Waals surface area contributed by atoms with Crippen LogP contribution in [0.5, 0.6) is 0 Å². The van der Waals surface area contributed by atoms with Gasteiger partial charge in [-0.2, -0.15) is 0 Å². The van der Waals surface area contributed by atoms with Crippen LogP contribution in [0.4, 0.5) is 0 Å². The minimum absolute atomic E-state index is 0.170. The number of hydrogen-bond donors (Lipinski definition) is 1. The number of fused-ring (bicyclic) bond motifs is 1. The predicted molar refractivity (Wildman–Crippen MR) is 71.1 cm³/mol. The van der Waals surface area contributed by atoms with Crippen molar-refractivity contribution in [3.8, 4) is 23.7 Å². The van der Waals surface area contributed by atoms with Crippen molar-refractivity contribution in [2.24, 2.45) is 0 Å². The van der Waals surface area contributed by atoms with Crippen molar-refractivity contribution in [3.63, 3.8) is 0 Å². The molecule has 19 heavy (non-hydrogen) atoms. The van der Waals surface area contributed by atoms with Gasteiger partial charge in [-0.25, -0.2) is 4.79 Å². The zero-order valence-electron chi connectivity index (χ0n) is 10.5. The van der Waals surface area contributed by atoms with Gasteiger partial charge in [-0.3, -0.25) is 0 Å². The zero-order valence-corrected chi connectivity index (χ0v) is 10.5. The first kappa shape index (κ1) is 12.8. The van der Waals surface area contributed by atoms with E-state index in [2.05, 4.69) is 28.4 Å². The second-order valence-corrected chi connectivity index (χ2v) is 3.92. The number of methoxy groups -OCH3 is 1. The molecular weight excluding hydrogens is 240 g/mol. The van der Waals surface area contributed by atoms with Crippen LogP contribution < -0.4 is 0 Å². The second kappa shape index (κ2) is 5.80. The molecule has 1 N–H and O–H groups in total. The molecule has 0 saturated carbocycles. The lowest BCUT2D eigenvalue weighted by molar-refractivity contribution is -0.136. The Morgan fingerprint density at radius 3 is 2.58 bits per heavy atom. The van der Waals surface area contributed by atoms with Crippen LogP contribution in [0.15, 0.2) is 35.6 Å². The number of rotatable bonds is 1. The van der Waals surface area contributed by atoms with Gasteiger partial charge in [0, 0.05) is 17.5 Å². The van der Waals surface area contributed by atoms with Crippen molar-refractivity contribution in [2.45, 2.75) is 12.8 Å². The summed E-state index contributed by atoms with van der Waals surface area (Å²) in [6, 6.07) is 7.43. The van der Waals surface area contributed by atoms with Gasteiger partial charge in [-0.1, -0.05) is 29.9 Å². The monoisotopic (exact) mass is 252 g/mol. The summed E-state index contributed by atoms with van der Waals surface area (Å²) in [7, 11) is 1.27. The van der Waals surface area contributed by atoms with Crippen LogP contribution in [0.2, 0.25) is 0 Å². The first-order valence-electron chi connectivity index (χ1n) is 5.82. The van der Waals surface area contributed by atoms with Crippen molar-refractivity contribution in [3.05, 3.63) is 46.7 Å². The molecule has 0 amide bonds.